The highest BCUT2D eigenvalue weighted by Crippen LogP contribution is 2.42. The van der Waals surface area contributed by atoms with Crippen LogP contribution in [0.4, 0.5) is 0 Å². The Bertz CT molecular complexity index is 236. The normalized spacial score (nSPS) is 22.0. The second kappa shape index (κ2) is 5.92. The fourth-order valence-electron chi connectivity index (χ4n) is 1.90. The number of nitrogens with one attached hydrogen (secondary N) is 1. The zero-order valence-electron chi connectivity index (χ0n) is 10.6. The third-order valence-electron chi connectivity index (χ3n) is 3.84. The van der Waals surface area contributed by atoms with Crippen LogP contribution in [0.15, 0.2) is 0 Å². The van der Waals surface area contributed by atoms with E-state index in [1.54, 1.807) is 0 Å². The van der Waals surface area contributed by atoms with E-state index in [4.69, 9.17) is 5.73 Å². The summed E-state index contributed by atoms with van der Waals surface area (Å²) in [5.41, 5.74) is 5.88. The molecule has 0 aliphatic heterocycles. The van der Waals surface area contributed by atoms with E-state index in [1.165, 1.54) is 19.3 Å². The minimum absolute atomic E-state index is 0.00896. The number of amides is 1. The molecule has 0 bridgehead atoms. The lowest BCUT2D eigenvalue weighted by Gasteiger charge is -2.40. The molecule has 1 aliphatic carbocycles. The van der Waals surface area contributed by atoms with E-state index in [-0.39, 0.29) is 17.9 Å². The molecule has 1 saturated carbocycles. The van der Waals surface area contributed by atoms with Gasteiger partial charge in [-0.15, -0.1) is 0 Å². The van der Waals surface area contributed by atoms with Crippen LogP contribution in [0, 0.1) is 5.92 Å². The second-order valence-electron chi connectivity index (χ2n) is 4.87. The van der Waals surface area contributed by atoms with Gasteiger partial charge in [-0.25, -0.2) is 0 Å². The highest BCUT2D eigenvalue weighted by atomic mass is 32.2. The van der Waals surface area contributed by atoms with Gasteiger partial charge in [-0.3, -0.25) is 4.79 Å². The molecule has 2 unspecified atom stereocenters. The van der Waals surface area contributed by atoms with Gasteiger partial charge in [0.25, 0.3) is 0 Å². The molecule has 1 amide bonds. The number of thioether (sulfide) groups is 1. The van der Waals surface area contributed by atoms with Gasteiger partial charge in [0.05, 0.1) is 6.04 Å². The van der Waals surface area contributed by atoms with Crippen molar-refractivity contribution in [2.75, 3.05) is 12.8 Å². The quantitative estimate of drug-likeness (QED) is 0.748. The third kappa shape index (κ3) is 3.14. The molecule has 4 heteroatoms. The zero-order valence-corrected chi connectivity index (χ0v) is 11.4. The molecule has 2 atom stereocenters. The maximum absolute atomic E-state index is 11.8. The number of hydrogen-bond acceptors (Lipinski definition) is 3. The van der Waals surface area contributed by atoms with Crippen LogP contribution in [-0.2, 0) is 4.79 Å². The van der Waals surface area contributed by atoms with Crippen molar-refractivity contribution in [3.63, 3.8) is 0 Å². The highest BCUT2D eigenvalue weighted by Gasteiger charge is 2.36. The Morgan fingerprint density at radius 3 is 2.56 bits per heavy atom. The lowest BCUT2D eigenvalue weighted by molar-refractivity contribution is -0.123. The van der Waals surface area contributed by atoms with Gasteiger partial charge in [0, 0.05) is 11.3 Å². The predicted molar refractivity (Wildman–Crippen MR) is 70.5 cm³/mol. The average molecular weight is 244 g/mol. The summed E-state index contributed by atoms with van der Waals surface area (Å²) < 4.78 is 0.296. The van der Waals surface area contributed by atoms with Gasteiger partial charge in [0.2, 0.25) is 5.91 Å². The van der Waals surface area contributed by atoms with Gasteiger partial charge < -0.3 is 11.1 Å². The van der Waals surface area contributed by atoms with Gasteiger partial charge in [-0.05, 0) is 25.0 Å². The SMILES string of the molecule is CCC(C)C(N)C(=O)NCC1(SC)CCC1. The van der Waals surface area contributed by atoms with Crippen molar-refractivity contribution in [2.45, 2.75) is 50.3 Å². The molecule has 1 aliphatic rings. The Balaban J connectivity index is 2.34. The molecule has 0 aromatic carbocycles. The lowest BCUT2D eigenvalue weighted by atomic mass is 9.84. The molecule has 1 rings (SSSR count). The van der Waals surface area contributed by atoms with E-state index in [2.05, 4.69) is 18.5 Å². The monoisotopic (exact) mass is 244 g/mol. The van der Waals surface area contributed by atoms with Crippen molar-refractivity contribution >= 4 is 17.7 Å². The minimum atomic E-state index is -0.357. The standard InChI is InChI=1S/C12H24N2OS/c1-4-9(2)10(13)11(15)14-8-12(16-3)6-5-7-12/h9-10H,4-8,13H2,1-3H3,(H,14,15). The summed E-state index contributed by atoms with van der Waals surface area (Å²) in [6, 6.07) is -0.357. The minimum Gasteiger partial charge on any atom is -0.353 e. The number of carbonyl (C=O) groups is 1. The van der Waals surface area contributed by atoms with Crippen LogP contribution in [0.2, 0.25) is 0 Å². The van der Waals surface area contributed by atoms with Crippen molar-refractivity contribution in [1.82, 2.24) is 5.32 Å². The van der Waals surface area contributed by atoms with Gasteiger partial charge in [0.1, 0.15) is 0 Å². The first kappa shape index (κ1) is 13.8. The smallest absolute Gasteiger partial charge is 0.237 e. The largest absolute Gasteiger partial charge is 0.353 e. The molecule has 94 valence electrons. The number of hydrogen-bond donors (Lipinski definition) is 2. The first-order valence-corrected chi connectivity index (χ1v) is 7.35. The van der Waals surface area contributed by atoms with Crippen LogP contribution in [0.5, 0.6) is 0 Å². The van der Waals surface area contributed by atoms with Crippen LogP contribution < -0.4 is 11.1 Å². The summed E-state index contributed by atoms with van der Waals surface area (Å²) in [6.07, 6.45) is 6.79. The van der Waals surface area contributed by atoms with Gasteiger partial charge in [-0.1, -0.05) is 26.7 Å². The second-order valence-corrected chi connectivity index (χ2v) is 6.14. The van der Waals surface area contributed by atoms with Crippen LogP contribution in [0.1, 0.15) is 39.5 Å². The zero-order chi connectivity index (χ0) is 12.2. The van der Waals surface area contributed by atoms with Gasteiger partial charge >= 0.3 is 0 Å². The number of nitrogens with two attached hydrogens (primary N) is 1. The third-order valence-corrected chi connectivity index (χ3v) is 5.26. The van der Waals surface area contributed by atoms with Crippen molar-refractivity contribution < 1.29 is 4.79 Å². The van der Waals surface area contributed by atoms with E-state index in [9.17, 15) is 4.79 Å². The van der Waals surface area contributed by atoms with E-state index < -0.39 is 0 Å². The molecule has 0 aromatic rings. The average Bonchev–Trinajstić information content (AvgIpc) is 2.25. The molecule has 3 N–H and O–H groups in total. The predicted octanol–water partition coefficient (Wildman–Crippen LogP) is 1.76. The van der Waals surface area contributed by atoms with Crippen molar-refractivity contribution in [3.05, 3.63) is 0 Å². The van der Waals surface area contributed by atoms with E-state index in [1.807, 2.05) is 18.7 Å². The van der Waals surface area contributed by atoms with Gasteiger partial charge in [-0.2, -0.15) is 11.8 Å². The summed E-state index contributed by atoms with van der Waals surface area (Å²) in [4.78, 5) is 11.8. The van der Waals surface area contributed by atoms with Crippen molar-refractivity contribution in [1.29, 1.82) is 0 Å². The molecule has 3 nitrogen and oxygen atoms in total. The molecule has 0 saturated heterocycles. The maximum atomic E-state index is 11.8. The molecule has 16 heavy (non-hydrogen) atoms. The molecule has 0 spiro atoms. The highest BCUT2D eigenvalue weighted by molar-refractivity contribution is 8.00. The Hall–Kier alpha value is -0.220. The summed E-state index contributed by atoms with van der Waals surface area (Å²) >= 11 is 1.87. The van der Waals surface area contributed by atoms with Crippen LogP contribution in [0.3, 0.4) is 0 Å². The fourth-order valence-corrected chi connectivity index (χ4v) is 2.82. The lowest BCUT2D eigenvalue weighted by Crippen LogP contribution is -2.51. The Kier molecular flexibility index (Phi) is 5.12. The molecule has 0 aromatic heterocycles. The summed E-state index contributed by atoms with van der Waals surface area (Å²) in [6.45, 7) is 4.86. The molecule has 1 fully saturated rings. The summed E-state index contributed by atoms with van der Waals surface area (Å²) in [5.74, 6) is 0.265. The Morgan fingerprint density at radius 1 is 1.56 bits per heavy atom. The fraction of sp³-hybridized carbons (Fsp3) is 0.917. The maximum Gasteiger partial charge on any atom is 0.237 e. The summed E-state index contributed by atoms with van der Waals surface area (Å²) in [7, 11) is 0. The van der Waals surface area contributed by atoms with E-state index in [0.29, 0.717) is 4.75 Å². The summed E-state index contributed by atoms with van der Waals surface area (Å²) in [5, 5.41) is 3.01. The van der Waals surface area contributed by atoms with Crippen molar-refractivity contribution in [3.8, 4) is 0 Å². The van der Waals surface area contributed by atoms with E-state index in [0.717, 1.165) is 13.0 Å². The van der Waals surface area contributed by atoms with E-state index >= 15 is 0 Å². The van der Waals surface area contributed by atoms with Crippen LogP contribution in [-0.4, -0.2) is 29.5 Å². The van der Waals surface area contributed by atoms with Crippen LogP contribution >= 0.6 is 11.8 Å². The number of rotatable bonds is 6. The molecular formula is C12H24N2OS. The van der Waals surface area contributed by atoms with Crippen LogP contribution in [0.25, 0.3) is 0 Å². The van der Waals surface area contributed by atoms with Gasteiger partial charge in [0.15, 0.2) is 0 Å². The topological polar surface area (TPSA) is 55.1 Å². The van der Waals surface area contributed by atoms with Crippen molar-refractivity contribution in [2.24, 2.45) is 11.7 Å². The first-order valence-electron chi connectivity index (χ1n) is 6.13. The Morgan fingerprint density at radius 2 is 2.19 bits per heavy atom. The first-order chi connectivity index (χ1) is 7.54. The molecule has 0 radical (unpaired) electrons. The molecule has 0 heterocycles. The number of carbonyl (C=O) groups excluding carboxylic acids is 1. The molecular weight excluding hydrogens is 220 g/mol. The Labute approximate surface area is 103 Å².